The van der Waals surface area contributed by atoms with Gasteiger partial charge in [0, 0.05) is 10.4 Å². The fraction of sp³-hybridized carbons (Fsp3) is 0.500. The van der Waals surface area contributed by atoms with Crippen LogP contribution in [0.4, 0.5) is 11.9 Å². The number of nitrogens with zero attached hydrogens (tertiary/aromatic N) is 4. The van der Waals surface area contributed by atoms with Gasteiger partial charge in [0.1, 0.15) is 23.5 Å². The van der Waals surface area contributed by atoms with E-state index in [0.717, 1.165) is 11.9 Å². The summed E-state index contributed by atoms with van der Waals surface area (Å²) in [6.07, 6.45) is 6.36. The van der Waals surface area contributed by atoms with E-state index in [2.05, 4.69) is 30.1 Å². The maximum atomic E-state index is 11.2. The highest BCUT2D eigenvalue weighted by Crippen LogP contribution is 2.02. The molecule has 0 atom stereocenters. The quantitative estimate of drug-likeness (QED) is 0.221. The second kappa shape index (κ2) is 14.7. The van der Waals surface area contributed by atoms with Gasteiger partial charge < -0.3 is 18.6 Å². The average molecular weight is 517 g/mol. The number of nitrogens with one attached hydrogen (secondary N) is 2. The fourth-order valence-corrected chi connectivity index (χ4v) is 2.29. The van der Waals surface area contributed by atoms with Crippen LogP contribution < -0.4 is 19.8 Å². The van der Waals surface area contributed by atoms with E-state index in [9.17, 15) is 9.59 Å². The van der Waals surface area contributed by atoms with Crippen LogP contribution in [0.15, 0.2) is 24.8 Å². The molecule has 0 fully saturated rings. The van der Waals surface area contributed by atoms with Crippen molar-refractivity contribution in [3.05, 3.63) is 35.9 Å². The largest absolute Gasteiger partial charge is 0.759 e. The Morgan fingerprint density at radius 1 is 0.829 bits per heavy atom. The molecular formula is C20H32N6O8S. The van der Waals surface area contributed by atoms with Crippen molar-refractivity contribution in [2.75, 3.05) is 24.9 Å². The number of hydrogen-bond donors (Lipinski definition) is 2. The summed E-state index contributed by atoms with van der Waals surface area (Å²) < 4.78 is 46.8. The van der Waals surface area contributed by atoms with Crippen molar-refractivity contribution < 1.29 is 45.7 Å². The molecule has 0 saturated heterocycles. The maximum Gasteiger partial charge on any atom is 0.391 e. The minimum Gasteiger partial charge on any atom is -0.759 e. The van der Waals surface area contributed by atoms with Crippen molar-refractivity contribution in [1.82, 2.24) is 9.97 Å². The van der Waals surface area contributed by atoms with E-state index in [1.165, 1.54) is 26.6 Å². The Labute approximate surface area is 204 Å². The summed E-state index contributed by atoms with van der Waals surface area (Å²) in [6, 6.07) is 0.598. The molecule has 2 rings (SSSR count). The van der Waals surface area contributed by atoms with Crippen molar-refractivity contribution in [2.45, 2.75) is 39.8 Å². The zero-order chi connectivity index (χ0) is 27.3. The minimum atomic E-state index is -5.17. The lowest BCUT2D eigenvalue weighted by Crippen LogP contribution is -2.36. The predicted molar refractivity (Wildman–Crippen MR) is 121 cm³/mol. The highest BCUT2D eigenvalue weighted by Gasteiger charge is 2.16. The molecule has 15 heteroatoms. The maximum absolute atomic E-state index is 11.2. The molecule has 0 aliphatic carbocycles. The van der Waals surface area contributed by atoms with Crippen LogP contribution in [0.1, 0.15) is 48.4 Å². The molecule has 0 radical (unpaired) electrons. The van der Waals surface area contributed by atoms with Gasteiger partial charge in [-0.2, -0.15) is 0 Å². The number of anilines is 2. The van der Waals surface area contributed by atoms with Gasteiger partial charge >= 0.3 is 23.8 Å². The first-order valence-corrected chi connectivity index (χ1v) is 11.5. The Bertz CT molecular complexity index is 1010. The first-order chi connectivity index (χ1) is 16.1. The number of ether oxygens (including phenoxy) is 2. The molecule has 196 valence electrons. The normalized spacial score (nSPS) is 10.4. The van der Waals surface area contributed by atoms with Crippen LogP contribution in [-0.2, 0) is 34.0 Å². The summed E-state index contributed by atoms with van der Waals surface area (Å²) in [7, 11) is 1.18. The van der Waals surface area contributed by atoms with Crippen LogP contribution in [0.5, 0.6) is 0 Å². The zero-order valence-corrected chi connectivity index (χ0v) is 21.7. The third-order valence-corrected chi connectivity index (χ3v) is 3.66. The number of hydrogen-bond acceptors (Lipinski definition) is 12. The number of rotatable bonds is 6. The SMILES string of the molecule is COC(=O)c1cnc(NC(C)C)[n+](C)c1.COC(=O)c1cnc(NC(C)C)[n+](C)c1.O=S(=O)([O-])[O-]. The zero-order valence-electron chi connectivity index (χ0n) is 20.9. The first-order valence-electron chi connectivity index (χ1n) is 10.2. The minimum absolute atomic E-state index is 0.299. The average Bonchev–Trinajstić information content (AvgIpc) is 2.74. The van der Waals surface area contributed by atoms with E-state index < -0.39 is 10.4 Å². The van der Waals surface area contributed by atoms with E-state index in [-0.39, 0.29) is 11.9 Å². The Balaban J connectivity index is 0.000000555. The number of carbonyl (C=O) groups is 2. The number of methoxy groups -OCH3 is 2. The lowest BCUT2D eigenvalue weighted by Gasteiger charge is -2.06. The van der Waals surface area contributed by atoms with Gasteiger partial charge in [0.15, 0.2) is 0 Å². The Kier molecular flexibility index (Phi) is 13.3. The van der Waals surface area contributed by atoms with E-state index in [1.807, 2.05) is 41.8 Å². The predicted octanol–water partition coefficient (Wildman–Crippen LogP) is -0.312. The smallest absolute Gasteiger partial charge is 0.391 e. The number of aromatic nitrogens is 4. The summed E-state index contributed by atoms with van der Waals surface area (Å²) in [4.78, 5) is 30.7. The van der Waals surface area contributed by atoms with Gasteiger partial charge in [0.05, 0.1) is 52.8 Å². The molecule has 0 saturated carbocycles. The molecule has 35 heavy (non-hydrogen) atoms. The molecule has 0 aromatic carbocycles. The van der Waals surface area contributed by atoms with Crippen molar-refractivity contribution in [2.24, 2.45) is 14.1 Å². The van der Waals surface area contributed by atoms with E-state index in [1.54, 1.807) is 21.5 Å². The number of esters is 2. The number of carbonyl (C=O) groups excluding carboxylic acids is 2. The summed E-state index contributed by atoms with van der Waals surface area (Å²) in [5.41, 5.74) is 0.878. The van der Waals surface area contributed by atoms with Gasteiger partial charge in [0.2, 0.25) is 0 Å². The second-order valence-electron chi connectivity index (χ2n) is 7.54. The molecule has 0 unspecified atom stereocenters. The van der Waals surface area contributed by atoms with Gasteiger partial charge in [-0.05, 0) is 27.7 Å². The molecule has 0 aliphatic heterocycles. The number of aryl methyl sites for hydroxylation is 2. The van der Waals surface area contributed by atoms with Gasteiger partial charge in [-0.1, -0.05) is 9.97 Å². The molecular weight excluding hydrogens is 484 g/mol. The van der Waals surface area contributed by atoms with Crippen LogP contribution in [0, 0.1) is 0 Å². The lowest BCUT2D eigenvalue weighted by molar-refractivity contribution is -0.660. The lowest BCUT2D eigenvalue weighted by atomic mass is 10.3. The summed E-state index contributed by atoms with van der Waals surface area (Å²) >= 11 is 0. The molecule has 0 aliphatic rings. The topological polar surface area (TPSA) is 190 Å². The van der Waals surface area contributed by atoms with Gasteiger partial charge in [0.25, 0.3) is 0 Å². The van der Waals surface area contributed by atoms with Crippen LogP contribution >= 0.6 is 0 Å². The van der Waals surface area contributed by atoms with Crippen LogP contribution in [0.2, 0.25) is 0 Å². The van der Waals surface area contributed by atoms with Gasteiger partial charge in [-0.15, -0.1) is 0 Å². The van der Waals surface area contributed by atoms with Crippen LogP contribution in [0.3, 0.4) is 0 Å². The van der Waals surface area contributed by atoms with E-state index in [0.29, 0.717) is 23.2 Å². The molecule has 2 aromatic rings. The van der Waals surface area contributed by atoms with Crippen molar-refractivity contribution in [3.8, 4) is 0 Å². The van der Waals surface area contributed by atoms with Gasteiger partial charge in [-0.3, -0.25) is 19.1 Å². The highest BCUT2D eigenvalue weighted by atomic mass is 32.3. The molecule has 0 amide bonds. The Morgan fingerprint density at radius 2 is 1.11 bits per heavy atom. The molecule has 0 spiro atoms. The summed E-state index contributed by atoms with van der Waals surface area (Å²) in [5.74, 6) is 0.679. The van der Waals surface area contributed by atoms with E-state index >= 15 is 0 Å². The van der Waals surface area contributed by atoms with Gasteiger partial charge in [-0.25, -0.2) is 18.7 Å². The monoisotopic (exact) mass is 516 g/mol. The molecule has 2 aromatic heterocycles. The van der Waals surface area contributed by atoms with Crippen molar-refractivity contribution in [3.63, 3.8) is 0 Å². The highest BCUT2D eigenvalue weighted by molar-refractivity contribution is 7.79. The molecule has 0 bridgehead atoms. The summed E-state index contributed by atoms with van der Waals surface area (Å²) in [5, 5.41) is 6.31. The van der Waals surface area contributed by atoms with E-state index in [4.69, 9.17) is 17.5 Å². The van der Waals surface area contributed by atoms with Crippen LogP contribution in [-0.4, -0.2) is 65.7 Å². The van der Waals surface area contributed by atoms with Crippen LogP contribution in [0.25, 0.3) is 0 Å². The Hall–Kier alpha value is -3.43. The molecule has 2 heterocycles. The summed E-state index contributed by atoms with van der Waals surface area (Å²) in [6.45, 7) is 8.09. The Morgan fingerprint density at radius 3 is 1.31 bits per heavy atom. The second-order valence-corrected chi connectivity index (χ2v) is 8.36. The molecule has 14 nitrogen and oxygen atoms in total. The molecule has 2 N–H and O–H groups in total. The third-order valence-electron chi connectivity index (χ3n) is 3.66. The third kappa shape index (κ3) is 13.8. The first kappa shape index (κ1) is 31.6. The van der Waals surface area contributed by atoms with Crippen molar-refractivity contribution in [1.29, 1.82) is 0 Å². The fourth-order valence-electron chi connectivity index (χ4n) is 2.29. The van der Waals surface area contributed by atoms with Crippen molar-refractivity contribution >= 4 is 34.2 Å². The standard InChI is InChI=1S/2C10H15N3O2.H2O4S/c2*1-7(2)12-10-11-5-8(6-13(10)3)9(14)15-4;1-5(2,3)4/h2*5-7H,1-4H3;(H2,1,2,3,4).